The highest BCUT2D eigenvalue weighted by molar-refractivity contribution is 5.75. The van der Waals surface area contributed by atoms with E-state index in [0.717, 1.165) is 6.54 Å². The molecule has 0 aliphatic heterocycles. The van der Waals surface area contributed by atoms with Gasteiger partial charge in [0.1, 0.15) is 0 Å². The quantitative estimate of drug-likeness (QED) is 0.789. The van der Waals surface area contributed by atoms with Crippen molar-refractivity contribution in [2.24, 2.45) is 5.41 Å². The second-order valence-electron chi connectivity index (χ2n) is 5.54. The fourth-order valence-corrected chi connectivity index (χ4v) is 1.84. The molecule has 0 bridgehead atoms. The molecular weight excluding hydrogens is 228 g/mol. The minimum atomic E-state index is -0.514. The second kappa shape index (κ2) is 6.05. The standard InChI is InChI=1S/C14H24N2O2/c1-11(2)15-9-12-7-6-8-16(12)10-14(3,4)13(17)18-5/h6-8,11,15H,9-10H2,1-5H3. The molecule has 0 spiro atoms. The molecule has 0 aromatic carbocycles. The number of methoxy groups -OCH3 is 1. The van der Waals surface area contributed by atoms with Gasteiger partial charge in [-0.15, -0.1) is 0 Å². The first-order valence-corrected chi connectivity index (χ1v) is 6.32. The zero-order valence-corrected chi connectivity index (χ0v) is 12.0. The van der Waals surface area contributed by atoms with Gasteiger partial charge in [0, 0.05) is 31.0 Å². The summed E-state index contributed by atoms with van der Waals surface area (Å²) in [6.45, 7) is 9.47. The molecule has 0 saturated carbocycles. The first kappa shape index (κ1) is 14.8. The van der Waals surface area contributed by atoms with Crippen molar-refractivity contribution >= 4 is 5.97 Å². The summed E-state index contributed by atoms with van der Waals surface area (Å²) in [6.07, 6.45) is 2.00. The van der Waals surface area contributed by atoms with Crippen molar-refractivity contribution in [3.63, 3.8) is 0 Å². The van der Waals surface area contributed by atoms with Gasteiger partial charge in [-0.2, -0.15) is 0 Å². The molecule has 102 valence electrons. The molecule has 0 aliphatic carbocycles. The highest BCUT2D eigenvalue weighted by Crippen LogP contribution is 2.21. The summed E-state index contributed by atoms with van der Waals surface area (Å²) in [4.78, 5) is 11.7. The first-order chi connectivity index (χ1) is 8.36. The highest BCUT2D eigenvalue weighted by atomic mass is 16.5. The summed E-state index contributed by atoms with van der Waals surface area (Å²) < 4.78 is 6.94. The molecule has 1 heterocycles. The Balaban J connectivity index is 2.73. The molecule has 0 amide bonds. The molecule has 18 heavy (non-hydrogen) atoms. The number of ether oxygens (including phenoxy) is 1. The van der Waals surface area contributed by atoms with Gasteiger partial charge in [0.25, 0.3) is 0 Å². The van der Waals surface area contributed by atoms with Crippen LogP contribution in [0.2, 0.25) is 0 Å². The molecule has 4 heteroatoms. The van der Waals surface area contributed by atoms with Gasteiger partial charge in [-0.3, -0.25) is 4.79 Å². The van der Waals surface area contributed by atoms with E-state index in [-0.39, 0.29) is 5.97 Å². The normalized spacial score (nSPS) is 11.9. The van der Waals surface area contributed by atoms with Crippen LogP contribution in [0.5, 0.6) is 0 Å². The van der Waals surface area contributed by atoms with E-state index in [0.29, 0.717) is 12.6 Å². The van der Waals surface area contributed by atoms with E-state index in [1.165, 1.54) is 12.8 Å². The predicted molar refractivity (Wildman–Crippen MR) is 72.2 cm³/mol. The maximum Gasteiger partial charge on any atom is 0.313 e. The van der Waals surface area contributed by atoms with Crippen molar-refractivity contribution in [3.8, 4) is 0 Å². The minimum Gasteiger partial charge on any atom is -0.469 e. The van der Waals surface area contributed by atoms with Gasteiger partial charge >= 0.3 is 5.97 Å². The minimum absolute atomic E-state index is 0.182. The van der Waals surface area contributed by atoms with Crippen LogP contribution >= 0.6 is 0 Å². The predicted octanol–water partition coefficient (Wildman–Crippen LogP) is 2.19. The molecule has 0 radical (unpaired) electrons. The van der Waals surface area contributed by atoms with Crippen LogP contribution in [0.15, 0.2) is 18.3 Å². The fourth-order valence-electron chi connectivity index (χ4n) is 1.84. The van der Waals surface area contributed by atoms with E-state index in [2.05, 4.69) is 29.8 Å². The van der Waals surface area contributed by atoms with Gasteiger partial charge in [0.05, 0.1) is 12.5 Å². The summed E-state index contributed by atoms with van der Waals surface area (Å²) in [5.74, 6) is -0.182. The Bertz CT molecular complexity index is 394. The number of rotatable bonds is 6. The van der Waals surface area contributed by atoms with Gasteiger partial charge in [-0.05, 0) is 26.0 Å². The van der Waals surface area contributed by atoms with Crippen LogP contribution in [0.1, 0.15) is 33.4 Å². The van der Waals surface area contributed by atoms with E-state index in [9.17, 15) is 4.79 Å². The maximum absolute atomic E-state index is 11.7. The number of nitrogens with zero attached hydrogens (tertiary/aromatic N) is 1. The zero-order valence-electron chi connectivity index (χ0n) is 12.0. The zero-order chi connectivity index (χ0) is 13.8. The third kappa shape index (κ3) is 3.88. The number of esters is 1. The van der Waals surface area contributed by atoms with Crippen molar-refractivity contribution in [2.75, 3.05) is 7.11 Å². The lowest BCUT2D eigenvalue weighted by Crippen LogP contribution is -2.32. The summed E-state index contributed by atoms with van der Waals surface area (Å²) in [5.41, 5.74) is 0.668. The van der Waals surface area contributed by atoms with Crippen LogP contribution in [0.25, 0.3) is 0 Å². The SMILES string of the molecule is COC(=O)C(C)(C)Cn1cccc1CNC(C)C. The molecule has 0 unspecified atom stereocenters. The van der Waals surface area contributed by atoms with Crippen LogP contribution in [0, 0.1) is 5.41 Å². The lowest BCUT2D eigenvalue weighted by atomic mass is 9.93. The molecule has 4 nitrogen and oxygen atoms in total. The van der Waals surface area contributed by atoms with Crippen LogP contribution in [-0.4, -0.2) is 23.7 Å². The van der Waals surface area contributed by atoms with E-state index < -0.39 is 5.41 Å². The fraction of sp³-hybridized carbons (Fsp3) is 0.643. The third-order valence-corrected chi connectivity index (χ3v) is 2.92. The molecule has 1 aromatic heterocycles. The molecule has 1 N–H and O–H groups in total. The molecule has 0 aliphatic rings. The average molecular weight is 252 g/mol. The Labute approximate surface area is 109 Å². The van der Waals surface area contributed by atoms with Crippen molar-refractivity contribution in [3.05, 3.63) is 24.0 Å². The monoisotopic (exact) mass is 252 g/mol. The summed E-state index contributed by atoms with van der Waals surface area (Å²) in [5, 5.41) is 3.38. The summed E-state index contributed by atoms with van der Waals surface area (Å²) in [7, 11) is 1.43. The number of aromatic nitrogens is 1. The maximum atomic E-state index is 11.7. The van der Waals surface area contributed by atoms with E-state index in [4.69, 9.17) is 4.74 Å². The summed E-state index contributed by atoms with van der Waals surface area (Å²) >= 11 is 0. The first-order valence-electron chi connectivity index (χ1n) is 6.32. The molecule has 1 aromatic rings. The number of hydrogen-bond donors (Lipinski definition) is 1. The van der Waals surface area contributed by atoms with Crippen molar-refractivity contribution in [2.45, 2.75) is 46.8 Å². The van der Waals surface area contributed by atoms with Crippen LogP contribution in [0.4, 0.5) is 0 Å². The van der Waals surface area contributed by atoms with Gasteiger partial charge < -0.3 is 14.6 Å². The smallest absolute Gasteiger partial charge is 0.313 e. The Morgan fingerprint density at radius 1 is 1.50 bits per heavy atom. The average Bonchev–Trinajstić information content (AvgIpc) is 2.71. The lowest BCUT2D eigenvalue weighted by Gasteiger charge is -2.23. The number of hydrogen-bond acceptors (Lipinski definition) is 3. The topological polar surface area (TPSA) is 43.3 Å². The molecular formula is C14H24N2O2. The number of carbonyl (C=O) groups is 1. The van der Waals surface area contributed by atoms with E-state index in [1.54, 1.807) is 0 Å². The molecule has 0 atom stereocenters. The van der Waals surface area contributed by atoms with Gasteiger partial charge in [-0.1, -0.05) is 13.8 Å². The Hall–Kier alpha value is -1.29. The van der Waals surface area contributed by atoms with Crippen molar-refractivity contribution in [1.29, 1.82) is 0 Å². The van der Waals surface area contributed by atoms with Crippen molar-refractivity contribution < 1.29 is 9.53 Å². The number of nitrogens with one attached hydrogen (secondary N) is 1. The second-order valence-corrected chi connectivity index (χ2v) is 5.54. The lowest BCUT2D eigenvalue weighted by molar-refractivity contribution is -0.151. The molecule has 0 saturated heterocycles. The van der Waals surface area contributed by atoms with E-state index in [1.807, 2.05) is 26.1 Å². The van der Waals surface area contributed by atoms with Crippen molar-refractivity contribution in [1.82, 2.24) is 9.88 Å². The van der Waals surface area contributed by atoms with Crippen LogP contribution in [0.3, 0.4) is 0 Å². The largest absolute Gasteiger partial charge is 0.469 e. The Morgan fingerprint density at radius 2 is 2.17 bits per heavy atom. The van der Waals surface area contributed by atoms with Gasteiger partial charge in [0.15, 0.2) is 0 Å². The summed E-state index contributed by atoms with van der Waals surface area (Å²) in [6, 6.07) is 4.52. The van der Waals surface area contributed by atoms with Gasteiger partial charge in [-0.25, -0.2) is 0 Å². The third-order valence-electron chi connectivity index (χ3n) is 2.92. The molecule has 0 fully saturated rings. The van der Waals surface area contributed by atoms with Crippen LogP contribution < -0.4 is 5.32 Å². The van der Waals surface area contributed by atoms with Crippen LogP contribution in [-0.2, 0) is 22.6 Å². The number of carbonyl (C=O) groups excluding carboxylic acids is 1. The Morgan fingerprint density at radius 3 is 2.72 bits per heavy atom. The van der Waals surface area contributed by atoms with Gasteiger partial charge in [0.2, 0.25) is 0 Å². The Kier molecular flexibility index (Phi) is 4.96. The van der Waals surface area contributed by atoms with E-state index >= 15 is 0 Å². The highest BCUT2D eigenvalue weighted by Gasteiger charge is 2.29. The molecule has 1 rings (SSSR count).